The van der Waals surface area contributed by atoms with E-state index in [0.29, 0.717) is 12.0 Å². The zero-order valence-electron chi connectivity index (χ0n) is 18.6. The van der Waals surface area contributed by atoms with Gasteiger partial charge in [0.05, 0.1) is 5.56 Å². The second-order valence-corrected chi connectivity index (χ2v) is 8.51. The summed E-state index contributed by atoms with van der Waals surface area (Å²) in [6.45, 7) is 6.23. The van der Waals surface area contributed by atoms with Crippen molar-refractivity contribution in [2.75, 3.05) is 0 Å². The summed E-state index contributed by atoms with van der Waals surface area (Å²) in [5.74, 6) is -1.99. The molecule has 2 aromatic carbocycles. The topological polar surface area (TPSA) is 35.5 Å². The molecule has 1 aliphatic rings. The SMILES string of the molecule is C=C(CC)CCC1CCC(c2ccc(C(=O)Oc3ccc(OC(F)(F)F)c(F)c3)cc2)CC1. The van der Waals surface area contributed by atoms with Crippen molar-refractivity contribution in [3.05, 3.63) is 71.6 Å². The number of allylic oxidation sites excluding steroid dienone is 1. The average molecular weight is 464 g/mol. The summed E-state index contributed by atoms with van der Waals surface area (Å²) in [4.78, 5) is 12.4. The molecule has 7 heteroatoms. The average Bonchev–Trinajstić information content (AvgIpc) is 2.79. The number of ether oxygens (including phenoxy) is 2. The predicted octanol–water partition coefficient (Wildman–Crippen LogP) is 7.96. The van der Waals surface area contributed by atoms with E-state index in [1.807, 2.05) is 12.1 Å². The highest BCUT2D eigenvalue weighted by atomic mass is 19.4. The highest BCUT2D eigenvalue weighted by molar-refractivity contribution is 5.91. The van der Waals surface area contributed by atoms with Gasteiger partial charge in [0.15, 0.2) is 11.6 Å². The van der Waals surface area contributed by atoms with Crippen LogP contribution >= 0.6 is 0 Å². The Balaban J connectivity index is 1.53. The minimum Gasteiger partial charge on any atom is -0.423 e. The van der Waals surface area contributed by atoms with Crippen molar-refractivity contribution in [1.29, 1.82) is 0 Å². The minimum atomic E-state index is -5.01. The molecule has 33 heavy (non-hydrogen) atoms. The lowest BCUT2D eigenvalue weighted by Gasteiger charge is -2.29. The molecule has 1 fully saturated rings. The van der Waals surface area contributed by atoms with Crippen LogP contribution < -0.4 is 9.47 Å². The maximum absolute atomic E-state index is 13.8. The van der Waals surface area contributed by atoms with Crippen molar-refractivity contribution in [2.24, 2.45) is 5.92 Å². The van der Waals surface area contributed by atoms with Crippen molar-refractivity contribution in [3.8, 4) is 11.5 Å². The van der Waals surface area contributed by atoms with Crippen LogP contribution in [-0.2, 0) is 0 Å². The van der Waals surface area contributed by atoms with Crippen molar-refractivity contribution >= 4 is 5.97 Å². The lowest BCUT2D eigenvalue weighted by Crippen LogP contribution is -2.18. The van der Waals surface area contributed by atoms with Crippen LogP contribution in [0.5, 0.6) is 11.5 Å². The number of alkyl halides is 3. The summed E-state index contributed by atoms with van der Waals surface area (Å²) < 4.78 is 59.2. The summed E-state index contributed by atoms with van der Waals surface area (Å²) >= 11 is 0. The van der Waals surface area contributed by atoms with E-state index in [2.05, 4.69) is 18.2 Å². The molecule has 178 valence electrons. The van der Waals surface area contributed by atoms with Gasteiger partial charge in [0, 0.05) is 6.07 Å². The lowest BCUT2D eigenvalue weighted by molar-refractivity contribution is -0.275. The Labute approximate surface area is 191 Å². The number of rotatable bonds is 8. The van der Waals surface area contributed by atoms with E-state index >= 15 is 0 Å². The molecule has 0 spiro atoms. The maximum Gasteiger partial charge on any atom is 0.573 e. The molecule has 0 heterocycles. The number of carbonyl (C=O) groups is 1. The molecule has 1 saturated carbocycles. The van der Waals surface area contributed by atoms with Crippen LogP contribution in [0.2, 0.25) is 0 Å². The van der Waals surface area contributed by atoms with Gasteiger partial charge in [-0.3, -0.25) is 0 Å². The summed E-state index contributed by atoms with van der Waals surface area (Å²) in [5, 5.41) is 0. The Morgan fingerprint density at radius 1 is 1.06 bits per heavy atom. The van der Waals surface area contributed by atoms with Crippen LogP contribution in [0, 0.1) is 11.7 Å². The zero-order chi connectivity index (χ0) is 24.0. The van der Waals surface area contributed by atoms with E-state index in [-0.39, 0.29) is 11.3 Å². The summed E-state index contributed by atoms with van der Waals surface area (Å²) in [6.07, 6.45) is 2.92. The third-order valence-corrected chi connectivity index (χ3v) is 6.21. The largest absolute Gasteiger partial charge is 0.573 e. The first-order chi connectivity index (χ1) is 15.6. The van der Waals surface area contributed by atoms with Crippen molar-refractivity contribution < 1.29 is 31.8 Å². The maximum atomic E-state index is 13.8. The first-order valence-electron chi connectivity index (χ1n) is 11.2. The molecule has 0 aliphatic heterocycles. The molecule has 0 bridgehead atoms. The third-order valence-electron chi connectivity index (χ3n) is 6.21. The lowest BCUT2D eigenvalue weighted by atomic mass is 9.77. The fourth-order valence-corrected chi connectivity index (χ4v) is 4.18. The van der Waals surface area contributed by atoms with Crippen molar-refractivity contribution in [2.45, 2.75) is 64.1 Å². The number of hydrogen-bond donors (Lipinski definition) is 0. The first kappa shape index (κ1) is 24.8. The molecular weight excluding hydrogens is 436 g/mol. The molecule has 0 amide bonds. The number of carbonyl (C=O) groups excluding carboxylic acids is 1. The summed E-state index contributed by atoms with van der Waals surface area (Å²) in [6, 6.07) is 9.62. The second-order valence-electron chi connectivity index (χ2n) is 8.51. The summed E-state index contributed by atoms with van der Waals surface area (Å²) in [7, 11) is 0. The van der Waals surface area contributed by atoms with Gasteiger partial charge in [0.25, 0.3) is 0 Å². The molecule has 3 nitrogen and oxygen atoms in total. The Kier molecular flexibility index (Phi) is 8.16. The van der Waals surface area contributed by atoms with Crippen molar-refractivity contribution in [1.82, 2.24) is 0 Å². The fourth-order valence-electron chi connectivity index (χ4n) is 4.18. The highest BCUT2D eigenvalue weighted by Crippen LogP contribution is 2.38. The molecular formula is C26H28F4O3. The van der Waals surface area contributed by atoms with Gasteiger partial charge in [0.2, 0.25) is 0 Å². The Morgan fingerprint density at radius 2 is 1.73 bits per heavy atom. The van der Waals surface area contributed by atoms with Gasteiger partial charge in [-0.1, -0.05) is 31.2 Å². The molecule has 0 unspecified atom stereocenters. The van der Waals surface area contributed by atoms with E-state index in [1.165, 1.54) is 30.4 Å². The van der Waals surface area contributed by atoms with Crippen LogP contribution in [0.25, 0.3) is 0 Å². The van der Waals surface area contributed by atoms with E-state index < -0.39 is 23.9 Å². The van der Waals surface area contributed by atoms with Gasteiger partial charge in [-0.25, -0.2) is 9.18 Å². The monoisotopic (exact) mass is 464 g/mol. The zero-order valence-corrected chi connectivity index (χ0v) is 18.6. The normalized spacial score (nSPS) is 18.6. The van der Waals surface area contributed by atoms with Crippen molar-refractivity contribution in [3.63, 3.8) is 0 Å². The molecule has 2 aromatic rings. The third kappa shape index (κ3) is 7.34. The number of hydrogen-bond acceptors (Lipinski definition) is 3. The van der Waals surface area contributed by atoms with Crippen LogP contribution in [0.1, 0.15) is 73.7 Å². The van der Waals surface area contributed by atoms with Gasteiger partial charge in [-0.05, 0) is 86.6 Å². The quantitative estimate of drug-likeness (QED) is 0.172. The molecule has 0 atom stereocenters. The van der Waals surface area contributed by atoms with Crippen LogP contribution in [0.4, 0.5) is 17.6 Å². The standard InChI is InChI=1S/C26H28F4O3/c1-3-17(2)4-5-18-6-8-19(9-7-18)20-10-12-21(13-11-20)25(31)32-22-14-15-24(23(27)16-22)33-26(28,29)30/h10-16,18-19H,2-9H2,1H3. The molecule has 0 aromatic heterocycles. The highest BCUT2D eigenvalue weighted by Gasteiger charge is 2.32. The van der Waals surface area contributed by atoms with E-state index in [9.17, 15) is 22.4 Å². The Hall–Kier alpha value is -2.83. The van der Waals surface area contributed by atoms with Crippen LogP contribution in [0.15, 0.2) is 54.6 Å². The van der Waals surface area contributed by atoms with E-state index in [1.54, 1.807) is 12.1 Å². The van der Waals surface area contributed by atoms with E-state index in [0.717, 1.165) is 43.7 Å². The molecule has 3 rings (SSSR count). The molecule has 1 aliphatic carbocycles. The fraction of sp³-hybridized carbons (Fsp3) is 0.423. The van der Waals surface area contributed by atoms with Crippen LogP contribution in [0.3, 0.4) is 0 Å². The van der Waals surface area contributed by atoms with Crippen LogP contribution in [-0.4, -0.2) is 12.3 Å². The smallest absolute Gasteiger partial charge is 0.423 e. The molecule has 0 radical (unpaired) electrons. The first-order valence-corrected chi connectivity index (χ1v) is 11.2. The number of benzene rings is 2. The van der Waals surface area contributed by atoms with E-state index in [4.69, 9.17) is 4.74 Å². The molecule has 0 saturated heterocycles. The number of esters is 1. The predicted molar refractivity (Wildman–Crippen MR) is 118 cm³/mol. The summed E-state index contributed by atoms with van der Waals surface area (Å²) in [5.41, 5.74) is 2.76. The Bertz CT molecular complexity index is 958. The van der Waals surface area contributed by atoms with Gasteiger partial charge in [0.1, 0.15) is 5.75 Å². The van der Waals surface area contributed by atoms with Gasteiger partial charge < -0.3 is 9.47 Å². The number of halogens is 4. The van der Waals surface area contributed by atoms with Gasteiger partial charge in [-0.15, -0.1) is 13.2 Å². The van der Waals surface area contributed by atoms with Gasteiger partial charge >= 0.3 is 12.3 Å². The Morgan fingerprint density at radius 3 is 2.30 bits per heavy atom. The molecule has 0 N–H and O–H groups in total. The minimum absolute atomic E-state index is 0.208. The van der Waals surface area contributed by atoms with Gasteiger partial charge in [-0.2, -0.15) is 0 Å². The second kappa shape index (κ2) is 10.9.